The fourth-order valence-electron chi connectivity index (χ4n) is 4.66. The molecule has 28 heavy (non-hydrogen) atoms. The lowest BCUT2D eigenvalue weighted by Gasteiger charge is -2.38. The first-order chi connectivity index (χ1) is 13.7. The van der Waals surface area contributed by atoms with Crippen LogP contribution in [0.25, 0.3) is 0 Å². The normalized spacial score (nSPS) is 28.3. The van der Waals surface area contributed by atoms with Gasteiger partial charge in [-0.1, -0.05) is 13.8 Å². The molecule has 3 saturated heterocycles. The van der Waals surface area contributed by atoms with Gasteiger partial charge in [0, 0.05) is 44.5 Å². The Labute approximate surface area is 168 Å². The van der Waals surface area contributed by atoms with Gasteiger partial charge in [-0.15, -0.1) is 0 Å². The highest BCUT2D eigenvalue weighted by molar-refractivity contribution is 5.42. The van der Waals surface area contributed by atoms with Crippen molar-refractivity contribution >= 4 is 11.8 Å². The zero-order valence-corrected chi connectivity index (χ0v) is 17.2. The summed E-state index contributed by atoms with van der Waals surface area (Å²) >= 11 is 0. The number of aromatic nitrogens is 2. The van der Waals surface area contributed by atoms with Crippen LogP contribution in [-0.4, -0.2) is 68.2 Å². The monoisotopic (exact) mass is 390 g/mol. The highest BCUT2D eigenvalue weighted by Crippen LogP contribution is 2.34. The number of nitrogens with one attached hydrogen (secondary N) is 1. The Hall–Kier alpha value is -1.44. The fourth-order valence-corrected chi connectivity index (χ4v) is 4.66. The van der Waals surface area contributed by atoms with Gasteiger partial charge in [0.15, 0.2) is 0 Å². The Morgan fingerprint density at radius 1 is 1.18 bits per heavy atom. The third kappa shape index (κ3) is 4.58. The molecule has 0 bridgehead atoms. The van der Waals surface area contributed by atoms with Crippen LogP contribution in [0, 0.1) is 11.3 Å². The Morgan fingerprint density at radius 3 is 2.86 bits per heavy atom. The molecule has 3 fully saturated rings. The summed E-state index contributed by atoms with van der Waals surface area (Å²) in [4.78, 5) is 11.7. The van der Waals surface area contributed by atoms with Crippen LogP contribution in [0.1, 0.15) is 39.5 Å². The van der Waals surface area contributed by atoms with E-state index < -0.39 is 0 Å². The SMILES string of the molecule is CC(C)[C@@H]1OCCC[C@@H]1Nc1ccnc(N2CCOCC3(CCOCC3)C2)n1. The molecule has 4 heterocycles. The molecule has 1 aromatic heterocycles. The van der Waals surface area contributed by atoms with Gasteiger partial charge in [-0.3, -0.25) is 0 Å². The molecule has 1 aromatic rings. The molecule has 0 aromatic carbocycles. The minimum Gasteiger partial charge on any atom is -0.381 e. The van der Waals surface area contributed by atoms with E-state index in [1.54, 1.807) is 0 Å². The van der Waals surface area contributed by atoms with Gasteiger partial charge in [-0.05, 0) is 37.7 Å². The molecule has 2 atom stereocenters. The summed E-state index contributed by atoms with van der Waals surface area (Å²) in [6.45, 7) is 10.2. The van der Waals surface area contributed by atoms with Crippen LogP contribution in [0.3, 0.4) is 0 Å². The van der Waals surface area contributed by atoms with E-state index in [1.807, 2.05) is 12.3 Å². The second-order valence-corrected chi connectivity index (χ2v) is 8.80. The number of hydrogen-bond acceptors (Lipinski definition) is 7. The summed E-state index contributed by atoms with van der Waals surface area (Å²) in [5.41, 5.74) is 0.154. The van der Waals surface area contributed by atoms with E-state index in [1.165, 1.54) is 0 Å². The predicted molar refractivity (Wildman–Crippen MR) is 109 cm³/mol. The quantitative estimate of drug-likeness (QED) is 0.848. The summed E-state index contributed by atoms with van der Waals surface area (Å²) in [6.07, 6.45) is 6.37. The molecule has 1 spiro atoms. The Morgan fingerprint density at radius 2 is 2.04 bits per heavy atom. The van der Waals surface area contributed by atoms with Crippen molar-refractivity contribution in [2.75, 3.05) is 56.3 Å². The van der Waals surface area contributed by atoms with Gasteiger partial charge in [0.1, 0.15) is 5.82 Å². The molecule has 156 valence electrons. The minimum absolute atomic E-state index is 0.154. The number of rotatable bonds is 4. The average Bonchev–Trinajstić information content (AvgIpc) is 2.92. The zero-order valence-electron chi connectivity index (χ0n) is 17.2. The third-order valence-corrected chi connectivity index (χ3v) is 6.28. The van der Waals surface area contributed by atoms with Gasteiger partial charge < -0.3 is 24.4 Å². The Bertz CT molecular complexity index is 636. The maximum atomic E-state index is 6.02. The number of ether oxygens (including phenoxy) is 3. The highest BCUT2D eigenvalue weighted by atomic mass is 16.5. The van der Waals surface area contributed by atoms with Crippen LogP contribution < -0.4 is 10.2 Å². The van der Waals surface area contributed by atoms with Crippen molar-refractivity contribution in [1.82, 2.24) is 9.97 Å². The third-order valence-electron chi connectivity index (χ3n) is 6.28. The van der Waals surface area contributed by atoms with E-state index in [9.17, 15) is 0 Å². The lowest BCUT2D eigenvalue weighted by molar-refractivity contribution is -0.0241. The number of hydrogen-bond donors (Lipinski definition) is 1. The summed E-state index contributed by atoms with van der Waals surface area (Å²) in [7, 11) is 0. The van der Waals surface area contributed by atoms with Gasteiger partial charge in [-0.2, -0.15) is 4.98 Å². The largest absolute Gasteiger partial charge is 0.381 e. The molecule has 3 aliphatic heterocycles. The highest BCUT2D eigenvalue weighted by Gasteiger charge is 2.37. The molecule has 7 heteroatoms. The second-order valence-electron chi connectivity index (χ2n) is 8.80. The lowest BCUT2D eigenvalue weighted by Crippen LogP contribution is -2.44. The van der Waals surface area contributed by atoms with Gasteiger partial charge >= 0.3 is 0 Å². The average molecular weight is 391 g/mol. The first-order valence-corrected chi connectivity index (χ1v) is 10.8. The van der Waals surface area contributed by atoms with Crippen LogP contribution in [0.4, 0.5) is 11.8 Å². The van der Waals surface area contributed by atoms with Gasteiger partial charge in [0.2, 0.25) is 5.95 Å². The molecular formula is C21H34N4O3. The van der Waals surface area contributed by atoms with Crippen molar-refractivity contribution in [2.24, 2.45) is 11.3 Å². The molecule has 0 radical (unpaired) electrons. The zero-order chi connectivity index (χ0) is 19.4. The Balaban J connectivity index is 1.48. The van der Waals surface area contributed by atoms with E-state index in [0.717, 1.165) is 83.6 Å². The van der Waals surface area contributed by atoms with E-state index in [2.05, 4.69) is 29.0 Å². The van der Waals surface area contributed by atoms with Gasteiger partial charge in [0.05, 0.1) is 25.4 Å². The minimum atomic E-state index is 0.154. The first kappa shape index (κ1) is 19.9. The topological polar surface area (TPSA) is 68.7 Å². The van der Waals surface area contributed by atoms with E-state index in [-0.39, 0.29) is 11.5 Å². The molecule has 7 nitrogen and oxygen atoms in total. The number of nitrogens with zero attached hydrogens (tertiary/aromatic N) is 3. The molecular weight excluding hydrogens is 356 g/mol. The van der Waals surface area contributed by atoms with Crippen LogP contribution in [0.15, 0.2) is 12.3 Å². The smallest absolute Gasteiger partial charge is 0.227 e. The Kier molecular flexibility index (Phi) is 6.33. The molecule has 0 saturated carbocycles. The van der Waals surface area contributed by atoms with Crippen molar-refractivity contribution < 1.29 is 14.2 Å². The predicted octanol–water partition coefficient (Wildman–Crippen LogP) is 2.73. The first-order valence-electron chi connectivity index (χ1n) is 10.8. The maximum absolute atomic E-state index is 6.02. The molecule has 0 aliphatic carbocycles. The van der Waals surface area contributed by atoms with Crippen molar-refractivity contribution in [3.05, 3.63) is 12.3 Å². The van der Waals surface area contributed by atoms with Crippen molar-refractivity contribution in [3.8, 4) is 0 Å². The molecule has 0 amide bonds. The van der Waals surface area contributed by atoms with Crippen LogP contribution in [-0.2, 0) is 14.2 Å². The summed E-state index contributed by atoms with van der Waals surface area (Å²) in [6, 6.07) is 2.26. The number of anilines is 2. The summed E-state index contributed by atoms with van der Waals surface area (Å²) < 4.78 is 17.5. The van der Waals surface area contributed by atoms with Crippen LogP contribution >= 0.6 is 0 Å². The standard InChI is InChI=1S/C21H34N4O3/c1-16(2)19-17(4-3-10-28-19)23-18-5-8-22-20(24-18)25-9-13-27-15-21(14-25)6-11-26-12-7-21/h5,8,16-17,19H,3-4,6-7,9-15H2,1-2H3,(H,22,23,24)/t17-,19-/m0/s1. The van der Waals surface area contributed by atoms with E-state index in [0.29, 0.717) is 12.0 Å². The second kappa shape index (κ2) is 8.93. The van der Waals surface area contributed by atoms with Crippen LogP contribution in [0.5, 0.6) is 0 Å². The lowest BCUT2D eigenvalue weighted by atomic mass is 9.80. The van der Waals surface area contributed by atoms with Gasteiger partial charge in [0.25, 0.3) is 0 Å². The summed E-state index contributed by atoms with van der Waals surface area (Å²) in [5, 5.41) is 3.62. The summed E-state index contributed by atoms with van der Waals surface area (Å²) in [5.74, 6) is 2.16. The van der Waals surface area contributed by atoms with E-state index >= 15 is 0 Å². The van der Waals surface area contributed by atoms with Gasteiger partial charge in [-0.25, -0.2) is 4.98 Å². The van der Waals surface area contributed by atoms with E-state index in [4.69, 9.17) is 19.2 Å². The van der Waals surface area contributed by atoms with Crippen molar-refractivity contribution in [1.29, 1.82) is 0 Å². The fraction of sp³-hybridized carbons (Fsp3) is 0.810. The molecule has 1 N–H and O–H groups in total. The van der Waals surface area contributed by atoms with Crippen molar-refractivity contribution in [3.63, 3.8) is 0 Å². The molecule has 4 rings (SSSR count). The van der Waals surface area contributed by atoms with Crippen LogP contribution in [0.2, 0.25) is 0 Å². The maximum Gasteiger partial charge on any atom is 0.227 e. The molecule has 0 unspecified atom stereocenters. The molecule has 3 aliphatic rings. The van der Waals surface area contributed by atoms with Crippen molar-refractivity contribution in [2.45, 2.75) is 51.7 Å².